The molecule has 0 aliphatic heterocycles. The lowest BCUT2D eigenvalue weighted by Gasteiger charge is -2.10. The fourth-order valence-corrected chi connectivity index (χ4v) is 3.68. The van der Waals surface area contributed by atoms with Gasteiger partial charge in [-0.25, -0.2) is 4.98 Å². The minimum atomic E-state index is -0.527. The molecule has 4 aromatic rings. The molecule has 0 unspecified atom stereocenters. The number of aryl methyl sites for hydroxylation is 1. The largest absolute Gasteiger partial charge is 0.481 e. The lowest BCUT2D eigenvalue weighted by Crippen LogP contribution is -2.20. The number of hydrogen-bond donors (Lipinski definition) is 0. The van der Waals surface area contributed by atoms with Crippen LogP contribution in [0.3, 0.4) is 0 Å². The molecule has 0 saturated heterocycles. The first-order valence-corrected chi connectivity index (χ1v) is 10.9. The maximum atomic E-state index is 13.0. The molecule has 0 atom stereocenters. The van der Waals surface area contributed by atoms with Gasteiger partial charge in [-0.1, -0.05) is 45.7 Å². The first-order chi connectivity index (χ1) is 15.8. The predicted molar refractivity (Wildman–Crippen MR) is 130 cm³/mol. The summed E-state index contributed by atoms with van der Waals surface area (Å²) >= 11 is 9.26. The lowest BCUT2D eigenvalue weighted by atomic mass is 10.2. The second kappa shape index (κ2) is 9.51. The van der Waals surface area contributed by atoms with Gasteiger partial charge < -0.3 is 4.74 Å². The van der Waals surface area contributed by atoms with Crippen LogP contribution in [0.5, 0.6) is 5.75 Å². The van der Waals surface area contributed by atoms with E-state index in [2.05, 4.69) is 26.0 Å². The summed E-state index contributed by atoms with van der Waals surface area (Å²) in [7, 11) is 0. The second-order valence-electron chi connectivity index (χ2n) is 7.05. The van der Waals surface area contributed by atoms with Gasteiger partial charge in [0.05, 0.1) is 22.0 Å². The fourth-order valence-electron chi connectivity index (χ4n) is 3.20. The first kappa shape index (κ1) is 22.6. The molecular weight excluding hydrogens is 512 g/mol. The molecule has 0 bridgehead atoms. The van der Waals surface area contributed by atoms with E-state index in [1.165, 1.54) is 18.3 Å². The van der Waals surface area contributed by atoms with Gasteiger partial charge in [-0.15, -0.1) is 0 Å². The quantitative estimate of drug-likeness (QED) is 0.187. The van der Waals surface area contributed by atoms with Crippen molar-refractivity contribution >= 4 is 50.3 Å². The zero-order chi connectivity index (χ0) is 23.5. The van der Waals surface area contributed by atoms with Gasteiger partial charge >= 0.3 is 5.69 Å². The van der Waals surface area contributed by atoms with Gasteiger partial charge in [-0.2, -0.15) is 9.78 Å². The zero-order valence-electron chi connectivity index (χ0n) is 17.2. The van der Waals surface area contributed by atoms with Crippen LogP contribution in [0.2, 0.25) is 5.02 Å². The van der Waals surface area contributed by atoms with Crippen molar-refractivity contribution < 1.29 is 9.66 Å². The van der Waals surface area contributed by atoms with Crippen LogP contribution in [0.4, 0.5) is 5.69 Å². The Morgan fingerprint density at radius 3 is 2.70 bits per heavy atom. The SMILES string of the molecule is Cc1nc2ccc(Br)cc2c(=O)n1N=Cc1cccc([N+](=O)[O-])c1OCc1ccc(Cl)cc1. The van der Waals surface area contributed by atoms with Crippen LogP contribution in [0.25, 0.3) is 10.9 Å². The van der Waals surface area contributed by atoms with Gasteiger partial charge in [0.1, 0.15) is 12.4 Å². The summed E-state index contributed by atoms with van der Waals surface area (Å²) < 4.78 is 7.70. The van der Waals surface area contributed by atoms with E-state index in [0.29, 0.717) is 27.3 Å². The maximum absolute atomic E-state index is 13.0. The van der Waals surface area contributed by atoms with Crippen LogP contribution in [0.15, 0.2) is 75.0 Å². The maximum Gasteiger partial charge on any atom is 0.311 e. The highest BCUT2D eigenvalue weighted by atomic mass is 79.9. The third-order valence-corrected chi connectivity index (χ3v) is 5.55. The van der Waals surface area contributed by atoms with Crippen LogP contribution in [0, 0.1) is 17.0 Å². The summed E-state index contributed by atoms with van der Waals surface area (Å²) in [6.07, 6.45) is 1.35. The van der Waals surface area contributed by atoms with Gasteiger partial charge in [0.2, 0.25) is 5.75 Å². The summed E-state index contributed by atoms with van der Waals surface area (Å²) in [6, 6.07) is 16.7. The number of aromatic nitrogens is 2. The molecule has 0 saturated carbocycles. The zero-order valence-corrected chi connectivity index (χ0v) is 19.6. The molecule has 10 heteroatoms. The van der Waals surface area contributed by atoms with Crippen molar-refractivity contribution in [1.29, 1.82) is 0 Å². The number of halogens is 2. The molecule has 0 radical (unpaired) electrons. The molecule has 0 N–H and O–H groups in total. The molecule has 4 rings (SSSR count). The smallest absolute Gasteiger partial charge is 0.311 e. The van der Waals surface area contributed by atoms with E-state index in [9.17, 15) is 14.9 Å². The number of ether oxygens (including phenoxy) is 1. The molecule has 0 aliphatic rings. The first-order valence-electron chi connectivity index (χ1n) is 9.71. The molecule has 33 heavy (non-hydrogen) atoms. The highest BCUT2D eigenvalue weighted by Gasteiger charge is 2.19. The monoisotopic (exact) mass is 526 g/mol. The Balaban J connectivity index is 1.73. The fraction of sp³-hybridized carbons (Fsp3) is 0.0870. The van der Waals surface area contributed by atoms with E-state index < -0.39 is 4.92 Å². The van der Waals surface area contributed by atoms with E-state index in [4.69, 9.17) is 16.3 Å². The highest BCUT2D eigenvalue weighted by molar-refractivity contribution is 9.10. The number of rotatable bonds is 6. The molecule has 1 aromatic heterocycles. The van der Waals surface area contributed by atoms with Crippen LogP contribution in [-0.4, -0.2) is 20.8 Å². The molecule has 8 nitrogen and oxygen atoms in total. The normalized spacial score (nSPS) is 11.2. The van der Waals surface area contributed by atoms with Crippen molar-refractivity contribution in [1.82, 2.24) is 9.66 Å². The predicted octanol–water partition coefficient (Wildman–Crippen LogP) is 5.49. The van der Waals surface area contributed by atoms with Crippen molar-refractivity contribution in [2.24, 2.45) is 5.10 Å². The number of fused-ring (bicyclic) bond motifs is 1. The topological polar surface area (TPSA) is 99.6 Å². The van der Waals surface area contributed by atoms with Crippen LogP contribution in [-0.2, 0) is 6.61 Å². The summed E-state index contributed by atoms with van der Waals surface area (Å²) in [5.41, 5.74) is 1.12. The number of nitro groups is 1. The molecule has 3 aromatic carbocycles. The summed E-state index contributed by atoms with van der Waals surface area (Å²) in [6.45, 7) is 1.75. The Bertz CT molecular complexity index is 1450. The van der Waals surface area contributed by atoms with E-state index >= 15 is 0 Å². The minimum absolute atomic E-state index is 0.0448. The Morgan fingerprint density at radius 1 is 1.21 bits per heavy atom. The average Bonchev–Trinajstić information content (AvgIpc) is 2.79. The Labute approximate surface area is 201 Å². The van der Waals surface area contributed by atoms with Gasteiger partial charge in [-0.3, -0.25) is 14.9 Å². The summed E-state index contributed by atoms with van der Waals surface area (Å²) in [5.74, 6) is 0.420. The molecule has 0 amide bonds. The molecular formula is C23H16BrClN4O4. The molecule has 0 spiro atoms. The number of nitro benzene ring substituents is 1. The number of nitrogens with zero attached hydrogens (tertiary/aromatic N) is 4. The standard InChI is InChI=1S/C23H16BrClN4O4/c1-14-27-20-10-7-17(24)11-19(20)23(30)28(14)26-12-16-3-2-4-21(29(31)32)22(16)33-13-15-5-8-18(25)9-6-15/h2-12H,13H2,1H3. The van der Waals surface area contributed by atoms with Crippen LogP contribution in [0.1, 0.15) is 17.0 Å². The minimum Gasteiger partial charge on any atom is -0.481 e. The Kier molecular flexibility index (Phi) is 6.52. The van der Waals surface area contributed by atoms with Gasteiger partial charge in [0.15, 0.2) is 0 Å². The highest BCUT2D eigenvalue weighted by Crippen LogP contribution is 2.31. The van der Waals surface area contributed by atoms with E-state index in [1.807, 2.05) is 0 Å². The van der Waals surface area contributed by atoms with Gasteiger partial charge in [-0.05, 0) is 48.9 Å². The lowest BCUT2D eigenvalue weighted by molar-refractivity contribution is -0.385. The summed E-state index contributed by atoms with van der Waals surface area (Å²) in [4.78, 5) is 28.4. The summed E-state index contributed by atoms with van der Waals surface area (Å²) in [5, 5.41) is 16.8. The van der Waals surface area contributed by atoms with E-state index in [-0.39, 0.29) is 23.6 Å². The van der Waals surface area contributed by atoms with Crippen molar-refractivity contribution in [2.45, 2.75) is 13.5 Å². The third-order valence-electron chi connectivity index (χ3n) is 4.80. The average molecular weight is 528 g/mol. The third kappa shape index (κ3) is 4.94. The van der Waals surface area contributed by atoms with Gasteiger partial charge in [0, 0.05) is 21.1 Å². The van der Waals surface area contributed by atoms with Crippen molar-refractivity contribution in [3.8, 4) is 5.75 Å². The molecule has 0 fully saturated rings. The van der Waals surface area contributed by atoms with E-state index in [0.717, 1.165) is 14.7 Å². The van der Waals surface area contributed by atoms with Crippen molar-refractivity contribution in [3.05, 3.63) is 108 Å². The number of benzene rings is 3. The Hall–Kier alpha value is -3.56. The Morgan fingerprint density at radius 2 is 1.97 bits per heavy atom. The number of para-hydroxylation sites is 1. The van der Waals surface area contributed by atoms with Crippen LogP contribution < -0.4 is 10.3 Å². The second-order valence-corrected chi connectivity index (χ2v) is 8.40. The van der Waals surface area contributed by atoms with Gasteiger partial charge in [0.25, 0.3) is 5.56 Å². The van der Waals surface area contributed by atoms with E-state index in [1.54, 1.807) is 55.5 Å². The molecule has 0 aliphatic carbocycles. The molecule has 1 heterocycles. The van der Waals surface area contributed by atoms with Crippen LogP contribution >= 0.6 is 27.5 Å². The molecule has 166 valence electrons. The van der Waals surface area contributed by atoms with Crippen molar-refractivity contribution in [2.75, 3.05) is 0 Å². The van der Waals surface area contributed by atoms with Crippen molar-refractivity contribution in [3.63, 3.8) is 0 Å². The number of hydrogen-bond acceptors (Lipinski definition) is 6.